The molecule has 8 nitrogen and oxygen atoms in total. The van der Waals surface area contributed by atoms with Crippen molar-refractivity contribution in [1.82, 2.24) is 5.32 Å². The first kappa shape index (κ1) is 22.8. The highest BCUT2D eigenvalue weighted by Crippen LogP contribution is 1.92. The Morgan fingerprint density at radius 3 is 2.00 bits per heavy atom. The minimum Gasteiger partial charge on any atom is -0.396 e. The lowest BCUT2D eigenvalue weighted by atomic mass is 10.2. The molecule has 0 fully saturated rings. The Kier molecular flexibility index (Phi) is 17.2. The number of terminal acetylenes is 1. The predicted molar refractivity (Wildman–Crippen MR) is 87.4 cm³/mol. The van der Waals surface area contributed by atoms with E-state index in [1.54, 1.807) is 0 Å². The largest absolute Gasteiger partial charge is 0.396 e. The Balaban J connectivity index is 3.27. The summed E-state index contributed by atoms with van der Waals surface area (Å²) in [6.07, 6.45) is 5.55. The van der Waals surface area contributed by atoms with E-state index < -0.39 is 6.04 Å². The molecule has 1 atom stereocenters. The van der Waals surface area contributed by atoms with Crippen LogP contribution in [0.5, 0.6) is 0 Å². The second-order valence-electron chi connectivity index (χ2n) is 4.80. The molecule has 0 aromatic carbocycles. The third-order valence-corrected chi connectivity index (χ3v) is 2.84. The van der Waals surface area contributed by atoms with E-state index in [9.17, 15) is 4.79 Å². The zero-order valence-corrected chi connectivity index (χ0v) is 14.1. The van der Waals surface area contributed by atoms with Gasteiger partial charge in [-0.15, -0.1) is 6.42 Å². The van der Waals surface area contributed by atoms with Crippen LogP contribution in [0.3, 0.4) is 0 Å². The van der Waals surface area contributed by atoms with Crippen molar-refractivity contribution in [2.24, 2.45) is 0 Å². The number of carbonyl (C=O) groups excluding carboxylic acids is 1. The number of hydrogen-bond acceptors (Lipinski definition) is 7. The van der Waals surface area contributed by atoms with Gasteiger partial charge in [-0.05, 0) is 6.42 Å². The Morgan fingerprint density at radius 1 is 0.958 bits per heavy atom. The van der Waals surface area contributed by atoms with Crippen LogP contribution < -0.4 is 5.32 Å². The molecule has 0 saturated carbocycles. The van der Waals surface area contributed by atoms with Gasteiger partial charge in [0.25, 0.3) is 0 Å². The lowest BCUT2D eigenvalue weighted by molar-refractivity contribution is -0.123. The molecule has 0 rings (SSSR count). The summed E-state index contributed by atoms with van der Waals surface area (Å²) >= 11 is 0. The van der Waals surface area contributed by atoms with Crippen molar-refractivity contribution < 1.29 is 34.0 Å². The average molecular weight is 347 g/mol. The average Bonchev–Trinajstić information content (AvgIpc) is 2.58. The lowest BCUT2D eigenvalue weighted by Crippen LogP contribution is -2.38. The van der Waals surface area contributed by atoms with Crippen LogP contribution in [0.25, 0.3) is 0 Å². The molecule has 0 unspecified atom stereocenters. The summed E-state index contributed by atoms with van der Waals surface area (Å²) in [6, 6.07) is -0.414. The van der Waals surface area contributed by atoms with E-state index in [4.69, 9.17) is 35.6 Å². The number of hydrogen-bond donors (Lipinski definition) is 3. The highest BCUT2D eigenvalue weighted by atomic mass is 16.6. The molecule has 0 spiro atoms. The van der Waals surface area contributed by atoms with E-state index in [1.165, 1.54) is 0 Å². The third kappa shape index (κ3) is 15.7. The first-order chi connectivity index (χ1) is 11.7. The van der Waals surface area contributed by atoms with Gasteiger partial charge in [0.2, 0.25) is 5.91 Å². The van der Waals surface area contributed by atoms with Gasteiger partial charge in [-0.25, -0.2) is 0 Å². The van der Waals surface area contributed by atoms with Gasteiger partial charge >= 0.3 is 0 Å². The maximum absolute atomic E-state index is 11.5. The molecule has 0 aromatic rings. The van der Waals surface area contributed by atoms with Crippen molar-refractivity contribution in [2.75, 3.05) is 66.1 Å². The minimum atomic E-state index is -0.414. The van der Waals surface area contributed by atoms with Crippen LogP contribution in [0.2, 0.25) is 0 Å². The van der Waals surface area contributed by atoms with Crippen LogP contribution in [0.15, 0.2) is 0 Å². The van der Waals surface area contributed by atoms with Crippen LogP contribution in [-0.2, 0) is 23.7 Å². The van der Waals surface area contributed by atoms with Gasteiger partial charge in [0.05, 0.1) is 58.9 Å². The Morgan fingerprint density at radius 2 is 1.50 bits per heavy atom. The maximum Gasteiger partial charge on any atom is 0.222 e. The fraction of sp³-hybridized carbons (Fsp3) is 0.812. The van der Waals surface area contributed by atoms with Crippen LogP contribution >= 0.6 is 0 Å². The second-order valence-corrected chi connectivity index (χ2v) is 4.80. The molecule has 0 bridgehead atoms. The molecule has 0 aromatic heterocycles. The standard InChI is InChI=1S/C16H29NO7/c1-2-6-21-8-10-23-12-13-24-11-9-22-7-4-16(20)17-15(14-19)3-5-18/h1,15,18-19H,3-14H2,(H,17,20)/t15-/m0/s1. The number of aliphatic hydroxyl groups is 2. The van der Waals surface area contributed by atoms with Gasteiger partial charge in [-0.1, -0.05) is 5.92 Å². The smallest absolute Gasteiger partial charge is 0.222 e. The van der Waals surface area contributed by atoms with Crippen LogP contribution in [-0.4, -0.2) is 88.2 Å². The minimum absolute atomic E-state index is 0.0823. The van der Waals surface area contributed by atoms with Gasteiger partial charge in [-0.2, -0.15) is 0 Å². The molecule has 3 N–H and O–H groups in total. The van der Waals surface area contributed by atoms with E-state index in [2.05, 4.69) is 11.2 Å². The lowest BCUT2D eigenvalue weighted by Gasteiger charge is -2.14. The van der Waals surface area contributed by atoms with E-state index in [-0.39, 0.29) is 38.8 Å². The first-order valence-corrected chi connectivity index (χ1v) is 8.00. The highest BCUT2D eigenvalue weighted by molar-refractivity contribution is 5.76. The van der Waals surface area contributed by atoms with Crippen molar-refractivity contribution in [3.63, 3.8) is 0 Å². The predicted octanol–water partition coefficient (Wildman–Crippen LogP) is -1.06. The first-order valence-electron chi connectivity index (χ1n) is 8.00. The zero-order chi connectivity index (χ0) is 17.9. The van der Waals surface area contributed by atoms with E-state index >= 15 is 0 Å². The van der Waals surface area contributed by atoms with E-state index in [1.807, 2.05) is 0 Å². The summed E-state index contributed by atoms with van der Waals surface area (Å²) in [5.41, 5.74) is 0. The van der Waals surface area contributed by atoms with Gasteiger partial charge in [0.15, 0.2) is 0 Å². The maximum atomic E-state index is 11.5. The number of ether oxygens (including phenoxy) is 4. The van der Waals surface area contributed by atoms with Gasteiger partial charge < -0.3 is 34.5 Å². The molecule has 0 radical (unpaired) electrons. The van der Waals surface area contributed by atoms with Crippen molar-refractivity contribution in [3.05, 3.63) is 0 Å². The zero-order valence-electron chi connectivity index (χ0n) is 14.1. The summed E-state index contributed by atoms with van der Waals surface area (Å²) in [6.45, 7) is 2.95. The Hall–Kier alpha value is -1.21. The van der Waals surface area contributed by atoms with E-state index in [0.29, 0.717) is 46.1 Å². The topological polar surface area (TPSA) is 106 Å². The fourth-order valence-corrected chi connectivity index (χ4v) is 1.62. The van der Waals surface area contributed by atoms with E-state index in [0.717, 1.165) is 0 Å². The Bertz CT molecular complexity index is 333. The van der Waals surface area contributed by atoms with Gasteiger partial charge in [0, 0.05) is 13.0 Å². The fourth-order valence-electron chi connectivity index (χ4n) is 1.62. The van der Waals surface area contributed by atoms with Crippen molar-refractivity contribution >= 4 is 5.91 Å². The molecule has 0 aliphatic heterocycles. The SMILES string of the molecule is C#CCOCCOCCOCCOCCC(=O)N[C@H](CO)CCO. The molecule has 24 heavy (non-hydrogen) atoms. The molecule has 140 valence electrons. The van der Waals surface area contributed by atoms with Crippen LogP contribution in [0.4, 0.5) is 0 Å². The van der Waals surface area contributed by atoms with Gasteiger partial charge in [0.1, 0.15) is 6.61 Å². The number of aliphatic hydroxyl groups excluding tert-OH is 2. The molecule has 0 aliphatic rings. The normalized spacial score (nSPS) is 11.9. The third-order valence-electron chi connectivity index (χ3n) is 2.84. The number of amides is 1. The molecule has 8 heteroatoms. The summed E-state index contributed by atoms with van der Waals surface area (Å²) < 4.78 is 20.9. The quantitative estimate of drug-likeness (QED) is 0.227. The second kappa shape index (κ2) is 18.1. The molecular formula is C16H29NO7. The van der Waals surface area contributed by atoms with Crippen molar-refractivity contribution in [1.29, 1.82) is 0 Å². The monoisotopic (exact) mass is 347 g/mol. The molecule has 0 heterocycles. The number of nitrogens with one attached hydrogen (secondary N) is 1. The van der Waals surface area contributed by atoms with Crippen LogP contribution in [0, 0.1) is 12.3 Å². The van der Waals surface area contributed by atoms with Crippen LogP contribution in [0.1, 0.15) is 12.8 Å². The van der Waals surface area contributed by atoms with Gasteiger partial charge in [-0.3, -0.25) is 4.79 Å². The Labute approximate surface area is 143 Å². The van der Waals surface area contributed by atoms with Crippen molar-refractivity contribution in [2.45, 2.75) is 18.9 Å². The highest BCUT2D eigenvalue weighted by Gasteiger charge is 2.10. The number of rotatable bonds is 17. The molecule has 1 amide bonds. The number of carbonyl (C=O) groups is 1. The summed E-state index contributed by atoms with van der Waals surface area (Å²) in [4.78, 5) is 11.5. The molecule has 0 aliphatic carbocycles. The summed E-state index contributed by atoms with van der Waals surface area (Å²) in [7, 11) is 0. The summed E-state index contributed by atoms with van der Waals surface area (Å²) in [5.74, 6) is 2.15. The summed E-state index contributed by atoms with van der Waals surface area (Å²) in [5, 5.41) is 20.4. The van der Waals surface area contributed by atoms with Crippen molar-refractivity contribution in [3.8, 4) is 12.3 Å². The molecular weight excluding hydrogens is 318 g/mol. The molecule has 0 saturated heterocycles.